The van der Waals surface area contributed by atoms with Gasteiger partial charge in [-0.25, -0.2) is 0 Å². The summed E-state index contributed by atoms with van der Waals surface area (Å²) < 4.78 is 0. The molecule has 0 fully saturated rings. The Morgan fingerprint density at radius 2 is 2.06 bits per heavy atom. The molecule has 0 heterocycles. The second-order valence-electron chi connectivity index (χ2n) is 4.13. The highest BCUT2D eigenvalue weighted by molar-refractivity contribution is 6.33. The van der Waals surface area contributed by atoms with Crippen molar-refractivity contribution in [1.29, 1.82) is 0 Å². The number of carbonyl (C=O) groups is 1. The minimum absolute atomic E-state index is 0.00227. The second kappa shape index (κ2) is 6.24. The molecule has 3 nitrogen and oxygen atoms in total. The van der Waals surface area contributed by atoms with Crippen molar-refractivity contribution in [1.82, 2.24) is 5.32 Å². The van der Waals surface area contributed by atoms with Gasteiger partial charge in [0.2, 0.25) is 5.91 Å². The van der Waals surface area contributed by atoms with Gasteiger partial charge in [-0.3, -0.25) is 4.79 Å². The van der Waals surface area contributed by atoms with Crippen molar-refractivity contribution in [2.24, 2.45) is 5.73 Å². The minimum Gasteiger partial charge on any atom is -0.370 e. The number of carbonyl (C=O) groups excluding carboxylic acids is 1. The van der Waals surface area contributed by atoms with Crippen LogP contribution in [0, 0.1) is 0 Å². The monoisotopic (exact) mass is 274 g/mol. The Bertz CT molecular complexity index is 409. The van der Waals surface area contributed by atoms with Crippen LogP contribution in [-0.4, -0.2) is 11.9 Å². The van der Waals surface area contributed by atoms with Crippen molar-refractivity contribution in [3.63, 3.8) is 0 Å². The Balaban J connectivity index is 2.72. The van der Waals surface area contributed by atoms with Crippen molar-refractivity contribution < 1.29 is 4.79 Å². The smallest absolute Gasteiger partial charge is 0.218 e. The van der Waals surface area contributed by atoms with Gasteiger partial charge >= 0.3 is 0 Å². The Kier molecular flexibility index (Phi) is 5.25. The molecule has 0 bridgehead atoms. The number of rotatable bonds is 5. The lowest BCUT2D eigenvalue weighted by Crippen LogP contribution is -2.33. The molecule has 0 aromatic heterocycles. The van der Waals surface area contributed by atoms with Gasteiger partial charge in [0.25, 0.3) is 0 Å². The van der Waals surface area contributed by atoms with E-state index in [1.54, 1.807) is 12.1 Å². The van der Waals surface area contributed by atoms with Crippen LogP contribution >= 0.6 is 23.2 Å². The highest BCUT2D eigenvalue weighted by atomic mass is 35.5. The summed E-state index contributed by atoms with van der Waals surface area (Å²) in [6.07, 6.45) is 0.294. The third kappa shape index (κ3) is 4.54. The SMILES string of the molecule is CC(CC(N)=O)NC(C)c1cc(Cl)ccc1Cl. The zero-order chi connectivity index (χ0) is 13.0. The molecule has 2 atom stereocenters. The van der Waals surface area contributed by atoms with Crippen LogP contribution in [0.15, 0.2) is 18.2 Å². The number of hydrogen-bond donors (Lipinski definition) is 2. The zero-order valence-electron chi connectivity index (χ0n) is 9.84. The summed E-state index contributed by atoms with van der Waals surface area (Å²) >= 11 is 12.0. The Hall–Kier alpha value is -0.770. The van der Waals surface area contributed by atoms with Crippen LogP contribution in [0.5, 0.6) is 0 Å². The highest BCUT2D eigenvalue weighted by Crippen LogP contribution is 2.26. The quantitative estimate of drug-likeness (QED) is 0.868. The molecule has 0 aliphatic heterocycles. The molecule has 0 aliphatic carbocycles. The van der Waals surface area contributed by atoms with Crippen LogP contribution in [0.3, 0.4) is 0 Å². The highest BCUT2D eigenvalue weighted by Gasteiger charge is 2.14. The van der Waals surface area contributed by atoms with Gasteiger partial charge in [0.1, 0.15) is 0 Å². The molecule has 17 heavy (non-hydrogen) atoms. The van der Waals surface area contributed by atoms with Crippen molar-refractivity contribution in [2.45, 2.75) is 32.4 Å². The normalized spacial score (nSPS) is 14.4. The molecule has 0 saturated carbocycles. The number of benzene rings is 1. The molecule has 2 unspecified atom stereocenters. The number of primary amides is 1. The molecular weight excluding hydrogens is 259 g/mol. The summed E-state index contributed by atoms with van der Waals surface area (Å²) in [5.41, 5.74) is 6.05. The van der Waals surface area contributed by atoms with Crippen molar-refractivity contribution >= 4 is 29.1 Å². The molecular formula is C12H16Cl2N2O. The van der Waals surface area contributed by atoms with E-state index >= 15 is 0 Å². The fourth-order valence-electron chi connectivity index (χ4n) is 1.72. The first-order valence-electron chi connectivity index (χ1n) is 5.39. The summed E-state index contributed by atoms with van der Waals surface area (Å²) in [5, 5.41) is 4.54. The average Bonchev–Trinajstić information content (AvgIpc) is 2.20. The first-order chi connectivity index (χ1) is 7.90. The topological polar surface area (TPSA) is 55.1 Å². The lowest BCUT2D eigenvalue weighted by atomic mass is 10.1. The summed E-state index contributed by atoms with van der Waals surface area (Å²) in [5.74, 6) is -0.325. The first-order valence-corrected chi connectivity index (χ1v) is 6.15. The fraction of sp³-hybridized carbons (Fsp3) is 0.417. The molecule has 1 aromatic rings. The van der Waals surface area contributed by atoms with Crippen LogP contribution in [0.4, 0.5) is 0 Å². The van der Waals surface area contributed by atoms with E-state index in [4.69, 9.17) is 28.9 Å². The number of halogens is 2. The van der Waals surface area contributed by atoms with Crippen molar-refractivity contribution in [3.05, 3.63) is 33.8 Å². The van der Waals surface area contributed by atoms with E-state index in [2.05, 4.69) is 5.32 Å². The fourth-order valence-corrected chi connectivity index (χ4v) is 2.19. The predicted octanol–water partition coefficient (Wildman–Crippen LogP) is 2.91. The van der Waals surface area contributed by atoms with Gasteiger partial charge < -0.3 is 11.1 Å². The van der Waals surface area contributed by atoms with Gasteiger partial charge in [0.15, 0.2) is 0 Å². The van der Waals surface area contributed by atoms with Gasteiger partial charge in [0, 0.05) is 28.5 Å². The summed E-state index contributed by atoms with van der Waals surface area (Å²) in [4.78, 5) is 10.8. The Labute approximate surface area is 111 Å². The summed E-state index contributed by atoms with van der Waals surface area (Å²) in [6, 6.07) is 5.33. The molecule has 0 radical (unpaired) electrons. The third-order valence-electron chi connectivity index (χ3n) is 2.47. The summed E-state index contributed by atoms with van der Waals surface area (Å²) in [7, 11) is 0. The minimum atomic E-state index is -0.325. The lowest BCUT2D eigenvalue weighted by Gasteiger charge is -2.20. The molecule has 0 aliphatic rings. The van der Waals surface area contributed by atoms with Gasteiger partial charge in [0.05, 0.1) is 0 Å². The predicted molar refractivity (Wildman–Crippen MR) is 71.3 cm³/mol. The van der Waals surface area contributed by atoms with Crippen LogP contribution in [0.25, 0.3) is 0 Å². The number of nitrogens with two attached hydrogens (primary N) is 1. The van der Waals surface area contributed by atoms with Gasteiger partial charge in [-0.2, -0.15) is 0 Å². The average molecular weight is 275 g/mol. The molecule has 1 aromatic carbocycles. The van der Waals surface area contributed by atoms with Crippen LogP contribution in [-0.2, 0) is 4.79 Å². The van der Waals surface area contributed by atoms with Gasteiger partial charge in [-0.05, 0) is 37.6 Å². The van der Waals surface area contributed by atoms with E-state index in [1.165, 1.54) is 0 Å². The molecule has 1 amide bonds. The largest absolute Gasteiger partial charge is 0.370 e. The van der Waals surface area contributed by atoms with E-state index in [1.807, 2.05) is 19.9 Å². The van der Waals surface area contributed by atoms with Gasteiger partial charge in [-0.1, -0.05) is 23.2 Å². The van der Waals surface area contributed by atoms with Gasteiger partial charge in [-0.15, -0.1) is 0 Å². The molecule has 5 heteroatoms. The molecule has 94 valence electrons. The maximum atomic E-state index is 10.8. The Morgan fingerprint density at radius 3 is 2.65 bits per heavy atom. The lowest BCUT2D eigenvalue weighted by molar-refractivity contribution is -0.118. The molecule has 0 saturated heterocycles. The molecule has 0 spiro atoms. The maximum Gasteiger partial charge on any atom is 0.218 e. The molecule has 1 rings (SSSR count). The van der Waals surface area contributed by atoms with Crippen LogP contribution in [0.2, 0.25) is 10.0 Å². The van der Waals surface area contributed by atoms with E-state index in [9.17, 15) is 4.79 Å². The number of hydrogen-bond acceptors (Lipinski definition) is 2. The second-order valence-corrected chi connectivity index (χ2v) is 4.97. The first kappa shape index (κ1) is 14.3. The summed E-state index contributed by atoms with van der Waals surface area (Å²) in [6.45, 7) is 3.87. The maximum absolute atomic E-state index is 10.8. The Morgan fingerprint density at radius 1 is 1.41 bits per heavy atom. The third-order valence-corrected chi connectivity index (χ3v) is 3.05. The van der Waals surface area contributed by atoms with E-state index in [0.29, 0.717) is 16.5 Å². The van der Waals surface area contributed by atoms with E-state index < -0.39 is 0 Å². The van der Waals surface area contributed by atoms with Crippen LogP contribution in [0.1, 0.15) is 31.9 Å². The van der Waals surface area contributed by atoms with Crippen molar-refractivity contribution in [3.8, 4) is 0 Å². The standard InChI is InChI=1S/C12H16Cl2N2O/c1-7(5-12(15)17)16-8(2)10-6-9(13)3-4-11(10)14/h3-4,6-8,16H,5H2,1-2H3,(H2,15,17). The van der Waals surface area contributed by atoms with Crippen molar-refractivity contribution in [2.75, 3.05) is 0 Å². The number of nitrogens with one attached hydrogen (secondary N) is 1. The van der Waals surface area contributed by atoms with E-state index in [0.717, 1.165) is 5.56 Å². The van der Waals surface area contributed by atoms with Crippen LogP contribution < -0.4 is 11.1 Å². The number of amides is 1. The van der Waals surface area contributed by atoms with E-state index in [-0.39, 0.29) is 18.0 Å². The zero-order valence-corrected chi connectivity index (χ0v) is 11.3. The molecule has 3 N–H and O–H groups in total.